The van der Waals surface area contributed by atoms with E-state index in [-0.39, 0.29) is 5.91 Å². The summed E-state index contributed by atoms with van der Waals surface area (Å²) in [5.41, 5.74) is 0. The highest BCUT2D eigenvalue weighted by molar-refractivity contribution is 5.78. The van der Waals surface area contributed by atoms with Crippen molar-refractivity contribution in [2.45, 2.75) is 13.3 Å². The summed E-state index contributed by atoms with van der Waals surface area (Å²) in [6.45, 7) is 7.02. The maximum Gasteiger partial charge on any atom is 0.236 e. The first kappa shape index (κ1) is 14.1. The number of piperazine rings is 1. The van der Waals surface area contributed by atoms with Crippen molar-refractivity contribution in [3.8, 4) is 0 Å². The lowest BCUT2D eigenvalue weighted by Gasteiger charge is -2.28. The molecule has 0 spiro atoms. The highest BCUT2D eigenvalue weighted by atomic mass is 16.3. The quantitative estimate of drug-likeness (QED) is 0.842. The van der Waals surface area contributed by atoms with E-state index < -0.39 is 0 Å². The Labute approximate surface area is 114 Å². The molecule has 2 rings (SSSR count). The molecule has 0 radical (unpaired) electrons. The summed E-state index contributed by atoms with van der Waals surface area (Å²) in [6.07, 6.45) is 0.775. The Kier molecular flexibility index (Phi) is 4.99. The summed E-state index contributed by atoms with van der Waals surface area (Å²) >= 11 is 0. The lowest BCUT2D eigenvalue weighted by atomic mass is 10.3. The molecule has 1 saturated heterocycles. The predicted molar refractivity (Wildman–Crippen MR) is 74.1 cm³/mol. The third-order valence-electron chi connectivity index (χ3n) is 3.48. The van der Waals surface area contributed by atoms with Crippen molar-refractivity contribution in [1.82, 2.24) is 15.1 Å². The van der Waals surface area contributed by atoms with Gasteiger partial charge in [-0.1, -0.05) is 0 Å². The van der Waals surface area contributed by atoms with E-state index in [2.05, 4.69) is 10.2 Å². The van der Waals surface area contributed by atoms with Crippen molar-refractivity contribution in [2.24, 2.45) is 0 Å². The second-order valence-corrected chi connectivity index (χ2v) is 5.10. The Balaban J connectivity index is 1.72. The number of carbonyl (C=O) groups is 1. The Bertz CT molecular complexity index is 411. The number of hydrogen-bond acceptors (Lipinski definition) is 4. The van der Waals surface area contributed by atoms with E-state index in [0.29, 0.717) is 13.1 Å². The van der Waals surface area contributed by atoms with Crippen molar-refractivity contribution in [3.63, 3.8) is 0 Å². The van der Waals surface area contributed by atoms with E-state index in [0.717, 1.165) is 44.1 Å². The standard InChI is InChI=1S/C14H23N3O2/c1-12-3-4-13(19-12)5-8-16(2)14(18)11-17-9-6-15-7-10-17/h3-4,15H,5-11H2,1-2H3. The van der Waals surface area contributed by atoms with Crippen molar-refractivity contribution >= 4 is 5.91 Å². The van der Waals surface area contributed by atoms with Crippen LogP contribution >= 0.6 is 0 Å². The molecule has 0 aromatic carbocycles. The molecule has 0 saturated carbocycles. The highest BCUT2D eigenvalue weighted by Gasteiger charge is 2.16. The number of likely N-dealkylation sites (N-methyl/N-ethyl adjacent to an activating group) is 1. The van der Waals surface area contributed by atoms with Gasteiger partial charge in [0.1, 0.15) is 11.5 Å². The molecular weight excluding hydrogens is 242 g/mol. The van der Waals surface area contributed by atoms with Gasteiger partial charge in [0.2, 0.25) is 5.91 Å². The largest absolute Gasteiger partial charge is 0.466 e. The van der Waals surface area contributed by atoms with Gasteiger partial charge >= 0.3 is 0 Å². The van der Waals surface area contributed by atoms with Crippen LogP contribution in [0.3, 0.4) is 0 Å². The Morgan fingerprint density at radius 3 is 2.79 bits per heavy atom. The summed E-state index contributed by atoms with van der Waals surface area (Å²) in [6, 6.07) is 3.93. The molecule has 1 amide bonds. The van der Waals surface area contributed by atoms with Crippen LogP contribution in [-0.2, 0) is 11.2 Å². The Morgan fingerprint density at radius 2 is 2.16 bits per heavy atom. The molecule has 1 aromatic rings. The van der Waals surface area contributed by atoms with Gasteiger partial charge in [-0.2, -0.15) is 0 Å². The first-order valence-corrected chi connectivity index (χ1v) is 6.87. The fourth-order valence-electron chi connectivity index (χ4n) is 2.20. The summed E-state index contributed by atoms with van der Waals surface area (Å²) in [7, 11) is 1.86. The summed E-state index contributed by atoms with van der Waals surface area (Å²) < 4.78 is 5.51. The molecule has 1 fully saturated rings. The second-order valence-electron chi connectivity index (χ2n) is 5.10. The number of furan rings is 1. The van der Waals surface area contributed by atoms with E-state index in [1.54, 1.807) is 4.90 Å². The zero-order chi connectivity index (χ0) is 13.7. The van der Waals surface area contributed by atoms with Crippen LogP contribution < -0.4 is 5.32 Å². The molecular formula is C14H23N3O2. The van der Waals surface area contributed by atoms with Gasteiger partial charge in [0.15, 0.2) is 0 Å². The first-order valence-electron chi connectivity index (χ1n) is 6.87. The summed E-state index contributed by atoms with van der Waals surface area (Å²) in [5.74, 6) is 2.05. The average Bonchev–Trinajstić information content (AvgIpc) is 2.83. The van der Waals surface area contributed by atoms with Crippen molar-refractivity contribution in [3.05, 3.63) is 23.7 Å². The maximum atomic E-state index is 12.1. The zero-order valence-corrected chi connectivity index (χ0v) is 11.8. The van der Waals surface area contributed by atoms with Crippen LogP contribution in [0.15, 0.2) is 16.5 Å². The van der Waals surface area contributed by atoms with Gasteiger partial charge in [0.05, 0.1) is 6.54 Å². The topological polar surface area (TPSA) is 48.7 Å². The molecule has 0 bridgehead atoms. The van der Waals surface area contributed by atoms with Gasteiger partial charge in [-0.25, -0.2) is 0 Å². The van der Waals surface area contributed by atoms with Gasteiger partial charge in [0.25, 0.3) is 0 Å². The molecule has 1 aliphatic rings. The van der Waals surface area contributed by atoms with Crippen LogP contribution in [0.4, 0.5) is 0 Å². The van der Waals surface area contributed by atoms with E-state index >= 15 is 0 Å². The third-order valence-corrected chi connectivity index (χ3v) is 3.48. The zero-order valence-electron chi connectivity index (χ0n) is 11.8. The molecule has 1 aromatic heterocycles. The average molecular weight is 265 g/mol. The number of hydrogen-bond donors (Lipinski definition) is 1. The molecule has 1 N–H and O–H groups in total. The van der Waals surface area contributed by atoms with Gasteiger partial charge in [-0.3, -0.25) is 9.69 Å². The number of carbonyl (C=O) groups excluding carboxylic acids is 1. The molecule has 106 valence electrons. The fraction of sp³-hybridized carbons (Fsp3) is 0.643. The number of nitrogens with one attached hydrogen (secondary N) is 1. The van der Waals surface area contributed by atoms with Crippen LogP contribution in [0.25, 0.3) is 0 Å². The van der Waals surface area contributed by atoms with Gasteiger partial charge in [-0.15, -0.1) is 0 Å². The maximum absolute atomic E-state index is 12.1. The number of nitrogens with zero attached hydrogens (tertiary/aromatic N) is 2. The first-order chi connectivity index (χ1) is 9.15. The van der Waals surface area contributed by atoms with Crippen LogP contribution in [-0.4, -0.2) is 62.0 Å². The number of aryl methyl sites for hydroxylation is 1. The lowest BCUT2D eigenvalue weighted by molar-refractivity contribution is -0.131. The molecule has 5 heteroatoms. The van der Waals surface area contributed by atoms with Crippen molar-refractivity contribution in [1.29, 1.82) is 0 Å². The Morgan fingerprint density at radius 1 is 1.42 bits per heavy atom. The minimum absolute atomic E-state index is 0.185. The summed E-state index contributed by atoms with van der Waals surface area (Å²) in [5, 5.41) is 3.29. The second kappa shape index (κ2) is 6.73. The lowest BCUT2D eigenvalue weighted by Crippen LogP contribution is -2.48. The molecule has 2 heterocycles. The van der Waals surface area contributed by atoms with Gasteiger partial charge in [0, 0.05) is 46.2 Å². The van der Waals surface area contributed by atoms with Crippen molar-refractivity contribution < 1.29 is 9.21 Å². The van der Waals surface area contributed by atoms with Crippen LogP contribution in [0.1, 0.15) is 11.5 Å². The Hall–Kier alpha value is -1.33. The monoisotopic (exact) mass is 265 g/mol. The van der Waals surface area contributed by atoms with E-state index in [4.69, 9.17) is 4.42 Å². The fourth-order valence-corrected chi connectivity index (χ4v) is 2.20. The van der Waals surface area contributed by atoms with Crippen LogP contribution in [0.5, 0.6) is 0 Å². The highest BCUT2D eigenvalue weighted by Crippen LogP contribution is 2.07. The van der Waals surface area contributed by atoms with Crippen molar-refractivity contribution in [2.75, 3.05) is 46.3 Å². The third kappa shape index (κ3) is 4.36. The molecule has 19 heavy (non-hydrogen) atoms. The SMILES string of the molecule is Cc1ccc(CCN(C)C(=O)CN2CCNCC2)o1. The molecule has 1 aliphatic heterocycles. The minimum Gasteiger partial charge on any atom is -0.466 e. The number of amides is 1. The van der Waals surface area contributed by atoms with Gasteiger partial charge < -0.3 is 14.6 Å². The van der Waals surface area contributed by atoms with Crippen LogP contribution in [0, 0.1) is 6.92 Å². The van der Waals surface area contributed by atoms with E-state index in [1.165, 1.54) is 0 Å². The minimum atomic E-state index is 0.185. The smallest absolute Gasteiger partial charge is 0.236 e. The van der Waals surface area contributed by atoms with Crippen LogP contribution in [0.2, 0.25) is 0 Å². The van der Waals surface area contributed by atoms with Gasteiger partial charge in [-0.05, 0) is 19.1 Å². The molecule has 0 unspecified atom stereocenters. The molecule has 5 nitrogen and oxygen atoms in total. The van der Waals surface area contributed by atoms with E-state index in [9.17, 15) is 4.79 Å². The van der Waals surface area contributed by atoms with E-state index in [1.807, 2.05) is 26.1 Å². The molecule has 0 atom stereocenters. The summed E-state index contributed by atoms with van der Waals surface area (Å²) in [4.78, 5) is 16.1. The normalized spacial score (nSPS) is 16.5. The number of rotatable bonds is 5. The predicted octanol–water partition coefficient (Wildman–Crippen LogP) is 0.494. The molecule has 0 aliphatic carbocycles.